The van der Waals surface area contributed by atoms with Crippen molar-refractivity contribution in [3.8, 4) is 0 Å². The lowest BCUT2D eigenvalue weighted by Crippen LogP contribution is -2.24. The van der Waals surface area contributed by atoms with Crippen molar-refractivity contribution in [1.82, 2.24) is 29.1 Å². The van der Waals surface area contributed by atoms with Crippen LogP contribution >= 0.6 is 0 Å². The van der Waals surface area contributed by atoms with Crippen LogP contribution in [-0.2, 0) is 11.4 Å². The Bertz CT molecular complexity index is 880. The van der Waals surface area contributed by atoms with Crippen molar-refractivity contribution in [2.45, 2.75) is 38.4 Å². The number of hydrogen-bond acceptors (Lipinski definition) is 8. The van der Waals surface area contributed by atoms with E-state index >= 15 is 0 Å². The molecule has 1 aliphatic rings. The van der Waals surface area contributed by atoms with Crippen molar-refractivity contribution >= 4 is 17.1 Å². The van der Waals surface area contributed by atoms with Gasteiger partial charge in [-0.25, -0.2) is 15.0 Å². The largest absolute Gasteiger partial charge is 0.394 e. The Kier molecular flexibility index (Phi) is 5.79. The first-order chi connectivity index (χ1) is 13.2. The predicted octanol–water partition coefficient (Wildman–Crippen LogP) is 0.844. The molecule has 0 radical (unpaired) electrons. The highest BCUT2D eigenvalue weighted by Crippen LogP contribution is 2.31. The van der Waals surface area contributed by atoms with Gasteiger partial charge in [0, 0.05) is 18.8 Å². The van der Waals surface area contributed by atoms with Gasteiger partial charge in [0.05, 0.1) is 37.7 Å². The van der Waals surface area contributed by atoms with Gasteiger partial charge in [0.2, 0.25) is 5.95 Å². The zero-order valence-electron chi connectivity index (χ0n) is 15.1. The molecule has 10 nitrogen and oxygen atoms in total. The van der Waals surface area contributed by atoms with Crippen LogP contribution in [0.2, 0.25) is 0 Å². The van der Waals surface area contributed by atoms with E-state index in [1.54, 1.807) is 23.4 Å². The number of aliphatic hydroxyl groups excluding tert-OH is 2. The summed E-state index contributed by atoms with van der Waals surface area (Å²) >= 11 is 0. The van der Waals surface area contributed by atoms with Crippen molar-refractivity contribution in [3.63, 3.8) is 0 Å². The number of fused-ring (bicyclic) bond motifs is 1. The van der Waals surface area contributed by atoms with E-state index in [1.165, 1.54) is 0 Å². The molecule has 3 aromatic rings. The molecule has 4 heterocycles. The Morgan fingerprint density at radius 1 is 1.33 bits per heavy atom. The molecule has 3 N–H and O–H groups in total. The summed E-state index contributed by atoms with van der Waals surface area (Å²) in [6.07, 6.45) is 5.51. The van der Waals surface area contributed by atoms with Crippen molar-refractivity contribution in [1.29, 1.82) is 0 Å². The second-order valence-corrected chi connectivity index (χ2v) is 5.98. The van der Waals surface area contributed by atoms with E-state index in [0.717, 1.165) is 5.69 Å². The van der Waals surface area contributed by atoms with Gasteiger partial charge in [0.1, 0.15) is 17.8 Å². The van der Waals surface area contributed by atoms with Gasteiger partial charge < -0.3 is 24.8 Å². The number of aryl methyl sites for hydroxylation is 1. The molecule has 27 heavy (non-hydrogen) atoms. The Morgan fingerprint density at radius 2 is 2.15 bits per heavy atom. The lowest BCUT2D eigenvalue weighted by Gasteiger charge is -2.14. The quantitative estimate of drug-likeness (QED) is 0.562. The predicted molar refractivity (Wildman–Crippen MR) is 98.8 cm³/mol. The molecule has 3 unspecified atom stereocenters. The second kappa shape index (κ2) is 8.25. The smallest absolute Gasteiger partial charge is 0.226 e. The van der Waals surface area contributed by atoms with Crippen LogP contribution in [0.4, 0.5) is 5.95 Å². The number of aliphatic hydroxyl groups is 2. The molecule has 1 fully saturated rings. The molecule has 0 bridgehead atoms. The highest BCUT2D eigenvalue weighted by Gasteiger charge is 2.35. The zero-order chi connectivity index (χ0) is 19.4. The summed E-state index contributed by atoms with van der Waals surface area (Å²) in [5, 5.41) is 22.4. The van der Waals surface area contributed by atoms with Crippen molar-refractivity contribution in [2.75, 3.05) is 11.9 Å². The fourth-order valence-corrected chi connectivity index (χ4v) is 2.94. The van der Waals surface area contributed by atoms with E-state index in [4.69, 9.17) is 4.74 Å². The van der Waals surface area contributed by atoms with Crippen LogP contribution in [0.5, 0.6) is 0 Å². The van der Waals surface area contributed by atoms with Gasteiger partial charge in [-0.3, -0.25) is 4.57 Å². The van der Waals surface area contributed by atoms with Gasteiger partial charge in [0.25, 0.3) is 0 Å². The minimum Gasteiger partial charge on any atom is -0.394 e. The standard InChI is InChI=1S/C15H19N7O3.C2H4/c1-9-13-14(20-15(19-9)18-7-21-3-2-16-6-21)22(8-17-13)12-4-10(24)11(5-23)25-12;1-2/h2-3,6,8,10-12,23-24H,4-5,7H2,1H3,(H,18,19,20);1-2H2. The molecule has 144 valence electrons. The number of imidazole rings is 2. The first-order valence-electron chi connectivity index (χ1n) is 8.51. The second-order valence-electron chi connectivity index (χ2n) is 5.98. The normalized spacial score (nSPS) is 21.8. The van der Waals surface area contributed by atoms with Gasteiger partial charge in [-0.15, -0.1) is 13.2 Å². The number of ether oxygens (including phenoxy) is 1. The monoisotopic (exact) mass is 373 g/mol. The number of nitrogens with one attached hydrogen (secondary N) is 1. The van der Waals surface area contributed by atoms with Crippen molar-refractivity contribution in [3.05, 3.63) is 43.9 Å². The average Bonchev–Trinajstić information content (AvgIpc) is 3.41. The molecule has 0 aliphatic carbocycles. The van der Waals surface area contributed by atoms with Crippen molar-refractivity contribution < 1.29 is 14.9 Å². The van der Waals surface area contributed by atoms with E-state index in [1.807, 2.05) is 17.7 Å². The van der Waals surface area contributed by atoms with Crippen LogP contribution < -0.4 is 5.32 Å². The van der Waals surface area contributed by atoms with Crippen LogP contribution in [0.3, 0.4) is 0 Å². The summed E-state index contributed by atoms with van der Waals surface area (Å²) in [7, 11) is 0. The first-order valence-corrected chi connectivity index (χ1v) is 8.51. The number of anilines is 1. The molecular weight excluding hydrogens is 350 g/mol. The van der Waals surface area contributed by atoms with E-state index in [9.17, 15) is 10.2 Å². The Morgan fingerprint density at radius 3 is 2.81 bits per heavy atom. The van der Waals surface area contributed by atoms with Crippen LogP contribution in [0.15, 0.2) is 38.2 Å². The summed E-state index contributed by atoms with van der Waals surface area (Å²) in [4.78, 5) is 17.3. The maximum atomic E-state index is 9.96. The van der Waals surface area contributed by atoms with Crippen LogP contribution in [0, 0.1) is 6.92 Å². The fourth-order valence-electron chi connectivity index (χ4n) is 2.94. The molecule has 0 saturated carbocycles. The van der Waals surface area contributed by atoms with Gasteiger partial charge in [-0.2, -0.15) is 4.98 Å². The van der Waals surface area contributed by atoms with E-state index in [2.05, 4.69) is 38.4 Å². The zero-order valence-corrected chi connectivity index (χ0v) is 15.1. The molecule has 4 rings (SSSR count). The first kappa shape index (κ1) is 19.0. The fraction of sp³-hybridized carbons (Fsp3) is 0.412. The van der Waals surface area contributed by atoms with Crippen LogP contribution in [0.25, 0.3) is 11.2 Å². The van der Waals surface area contributed by atoms with Gasteiger partial charge in [-0.1, -0.05) is 0 Å². The highest BCUT2D eigenvalue weighted by atomic mass is 16.5. The van der Waals surface area contributed by atoms with Gasteiger partial charge in [-0.05, 0) is 6.92 Å². The minimum absolute atomic E-state index is 0.226. The number of nitrogens with zero attached hydrogens (tertiary/aromatic N) is 6. The third kappa shape index (κ3) is 3.82. The molecule has 3 atom stereocenters. The average molecular weight is 373 g/mol. The van der Waals surface area contributed by atoms with Crippen LogP contribution in [0.1, 0.15) is 18.3 Å². The third-order valence-corrected chi connectivity index (χ3v) is 4.27. The molecule has 0 amide bonds. The molecule has 1 saturated heterocycles. The Hall–Kier alpha value is -2.82. The molecular formula is C17H23N7O3. The van der Waals surface area contributed by atoms with Crippen LogP contribution in [-0.4, -0.2) is 58.1 Å². The Labute approximate surface area is 156 Å². The van der Waals surface area contributed by atoms with Crippen molar-refractivity contribution in [2.24, 2.45) is 0 Å². The summed E-state index contributed by atoms with van der Waals surface area (Å²) in [6, 6.07) is 0. The maximum absolute atomic E-state index is 9.96. The molecule has 3 aromatic heterocycles. The summed E-state index contributed by atoms with van der Waals surface area (Å²) in [5.74, 6) is 0.470. The van der Waals surface area contributed by atoms with E-state index in [-0.39, 0.29) is 6.61 Å². The summed E-state index contributed by atoms with van der Waals surface area (Å²) in [6.45, 7) is 8.13. The lowest BCUT2D eigenvalue weighted by molar-refractivity contribution is -0.0432. The number of aromatic nitrogens is 6. The van der Waals surface area contributed by atoms with E-state index in [0.29, 0.717) is 30.2 Å². The SMILES string of the molecule is C=C.Cc1nc(NCn2ccnc2)nc2c1ncn2C1CC(O)C(CO)O1. The Balaban J connectivity index is 0.00000102. The third-order valence-electron chi connectivity index (χ3n) is 4.27. The molecule has 0 spiro atoms. The molecule has 10 heteroatoms. The van der Waals surface area contributed by atoms with Gasteiger partial charge >= 0.3 is 0 Å². The number of rotatable bonds is 5. The maximum Gasteiger partial charge on any atom is 0.226 e. The van der Waals surface area contributed by atoms with E-state index < -0.39 is 18.4 Å². The molecule has 1 aliphatic heterocycles. The lowest BCUT2D eigenvalue weighted by atomic mass is 10.2. The topological polar surface area (TPSA) is 123 Å². The minimum atomic E-state index is -0.714. The summed E-state index contributed by atoms with van der Waals surface area (Å²) < 4.78 is 9.34. The number of hydrogen-bond donors (Lipinski definition) is 3. The molecule has 0 aromatic carbocycles. The summed E-state index contributed by atoms with van der Waals surface area (Å²) in [5.41, 5.74) is 2.05. The van der Waals surface area contributed by atoms with Gasteiger partial charge in [0.15, 0.2) is 5.65 Å². The highest BCUT2D eigenvalue weighted by molar-refractivity contribution is 5.74.